The molecular formula is C14H21N3O3. The van der Waals surface area contributed by atoms with Gasteiger partial charge in [-0.3, -0.25) is 4.99 Å². The summed E-state index contributed by atoms with van der Waals surface area (Å²) >= 11 is 0. The fraction of sp³-hybridized carbons (Fsp3) is 0.500. The number of guanidine groups is 1. The molecular weight excluding hydrogens is 258 g/mol. The molecule has 0 spiro atoms. The van der Waals surface area contributed by atoms with Crippen LogP contribution in [-0.2, 0) is 0 Å². The summed E-state index contributed by atoms with van der Waals surface area (Å²) < 4.78 is 16.1. The van der Waals surface area contributed by atoms with Gasteiger partial charge in [0.25, 0.3) is 0 Å². The lowest BCUT2D eigenvalue weighted by Gasteiger charge is -2.09. The van der Waals surface area contributed by atoms with E-state index in [1.54, 1.807) is 0 Å². The molecule has 0 radical (unpaired) electrons. The molecule has 0 amide bonds. The number of ether oxygens (including phenoxy) is 3. The summed E-state index contributed by atoms with van der Waals surface area (Å²) in [6, 6.07) is 5.51. The molecule has 3 N–H and O–H groups in total. The van der Waals surface area contributed by atoms with Gasteiger partial charge in [0.15, 0.2) is 17.5 Å². The molecule has 1 aromatic rings. The number of hydrogen-bond acceptors (Lipinski definition) is 4. The lowest BCUT2D eigenvalue weighted by atomic mass is 10.2. The Labute approximate surface area is 118 Å². The average Bonchev–Trinajstić information content (AvgIpc) is 2.88. The highest BCUT2D eigenvalue weighted by atomic mass is 16.7. The van der Waals surface area contributed by atoms with E-state index in [1.165, 1.54) is 0 Å². The van der Waals surface area contributed by atoms with E-state index in [4.69, 9.17) is 19.9 Å². The van der Waals surface area contributed by atoms with E-state index in [1.807, 2.05) is 18.2 Å². The van der Waals surface area contributed by atoms with Crippen LogP contribution in [0, 0.1) is 5.92 Å². The lowest BCUT2D eigenvalue weighted by molar-refractivity contribution is 0.173. The van der Waals surface area contributed by atoms with Gasteiger partial charge in [-0.2, -0.15) is 0 Å². The molecule has 110 valence electrons. The molecule has 2 rings (SSSR count). The van der Waals surface area contributed by atoms with Gasteiger partial charge >= 0.3 is 0 Å². The monoisotopic (exact) mass is 279 g/mol. The van der Waals surface area contributed by atoms with E-state index in [0.29, 0.717) is 30.8 Å². The lowest BCUT2D eigenvalue weighted by Crippen LogP contribution is -2.35. The SMILES string of the molecule is CC(C)CN=C(N)NCCOc1ccc2c(c1)OCO2. The highest BCUT2D eigenvalue weighted by Crippen LogP contribution is 2.34. The summed E-state index contributed by atoms with van der Waals surface area (Å²) in [5.41, 5.74) is 5.72. The molecule has 1 heterocycles. The second-order valence-corrected chi connectivity index (χ2v) is 4.91. The Morgan fingerprint density at radius 3 is 3.00 bits per heavy atom. The van der Waals surface area contributed by atoms with Crippen molar-refractivity contribution in [2.75, 3.05) is 26.5 Å². The van der Waals surface area contributed by atoms with Gasteiger partial charge in [-0.1, -0.05) is 13.8 Å². The van der Waals surface area contributed by atoms with Crippen molar-refractivity contribution in [1.29, 1.82) is 0 Å². The van der Waals surface area contributed by atoms with Crippen molar-refractivity contribution in [3.63, 3.8) is 0 Å². The molecule has 0 fully saturated rings. The molecule has 0 saturated heterocycles. The number of aliphatic imine (C=N–C) groups is 1. The number of hydrogen-bond donors (Lipinski definition) is 2. The Hall–Kier alpha value is -2.11. The second-order valence-electron chi connectivity index (χ2n) is 4.91. The zero-order valence-corrected chi connectivity index (χ0v) is 11.9. The van der Waals surface area contributed by atoms with Gasteiger partial charge in [0.1, 0.15) is 12.4 Å². The molecule has 0 bridgehead atoms. The van der Waals surface area contributed by atoms with Crippen molar-refractivity contribution in [3.8, 4) is 17.2 Å². The summed E-state index contributed by atoms with van der Waals surface area (Å²) in [5.74, 6) is 3.16. The third kappa shape index (κ3) is 4.22. The molecule has 0 saturated carbocycles. The van der Waals surface area contributed by atoms with E-state index >= 15 is 0 Å². The van der Waals surface area contributed by atoms with E-state index in [0.717, 1.165) is 18.0 Å². The summed E-state index contributed by atoms with van der Waals surface area (Å²) in [7, 11) is 0. The van der Waals surface area contributed by atoms with Crippen LogP contribution in [0.25, 0.3) is 0 Å². The number of fused-ring (bicyclic) bond motifs is 1. The van der Waals surface area contributed by atoms with Gasteiger partial charge in [0, 0.05) is 12.6 Å². The van der Waals surface area contributed by atoms with Crippen LogP contribution in [0.3, 0.4) is 0 Å². The van der Waals surface area contributed by atoms with Crippen LogP contribution in [0.2, 0.25) is 0 Å². The van der Waals surface area contributed by atoms with Crippen molar-refractivity contribution < 1.29 is 14.2 Å². The Kier molecular flexibility index (Phi) is 4.92. The van der Waals surface area contributed by atoms with E-state index < -0.39 is 0 Å². The van der Waals surface area contributed by atoms with Gasteiger partial charge in [0.05, 0.1) is 6.54 Å². The molecule has 0 aliphatic carbocycles. The van der Waals surface area contributed by atoms with Gasteiger partial charge in [-0.25, -0.2) is 0 Å². The molecule has 1 aromatic carbocycles. The normalized spacial score (nSPS) is 13.7. The number of rotatable bonds is 6. The van der Waals surface area contributed by atoms with Crippen LogP contribution in [0.4, 0.5) is 0 Å². The molecule has 0 aromatic heterocycles. The van der Waals surface area contributed by atoms with Crippen molar-refractivity contribution in [1.82, 2.24) is 5.32 Å². The third-order valence-electron chi connectivity index (χ3n) is 2.65. The Morgan fingerprint density at radius 2 is 2.20 bits per heavy atom. The zero-order chi connectivity index (χ0) is 14.4. The maximum absolute atomic E-state index is 5.72. The Morgan fingerprint density at radius 1 is 1.40 bits per heavy atom. The first-order valence-electron chi connectivity index (χ1n) is 6.71. The molecule has 6 heteroatoms. The minimum absolute atomic E-state index is 0.267. The first-order chi connectivity index (χ1) is 9.65. The van der Waals surface area contributed by atoms with Crippen LogP contribution >= 0.6 is 0 Å². The van der Waals surface area contributed by atoms with E-state index in [9.17, 15) is 0 Å². The Balaban J connectivity index is 1.70. The highest BCUT2D eigenvalue weighted by Gasteiger charge is 2.13. The molecule has 1 aliphatic heterocycles. The minimum Gasteiger partial charge on any atom is -0.492 e. The van der Waals surface area contributed by atoms with Crippen molar-refractivity contribution >= 4 is 5.96 Å². The fourth-order valence-electron chi connectivity index (χ4n) is 1.65. The van der Waals surface area contributed by atoms with Crippen LogP contribution in [0.15, 0.2) is 23.2 Å². The van der Waals surface area contributed by atoms with E-state index in [-0.39, 0.29) is 6.79 Å². The maximum Gasteiger partial charge on any atom is 0.231 e. The minimum atomic E-state index is 0.267. The Bertz CT molecular complexity index is 475. The van der Waals surface area contributed by atoms with Crippen LogP contribution < -0.4 is 25.3 Å². The van der Waals surface area contributed by atoms with Gasteiger partial charge in [-0.05, 0) is 18.1 Å². The molecule has 1 aliphatic rings. The van der Waals surface area contributed by atoms with Crippen molar-refractivity contribution in [3.05, 3.63) is 18.2 Å². The van der Waals surface area contributed by atoms with Crippen molar-refractivity contribution in [2.24, 2.45) is 16.6 Å². The maximum atomic E-state index is 5.72. The number of nitrogens with one attached hydrogen (secondary N) is 1. The van der Waals surface area contributed by atoms with Gasteiger partial charge in [-0.15, -0.1) is 0 Å². The first kappa shape index (κ1) is 14.3. The molecule has 6 nitrogen and oxygen atoms in total. The quantitative estimate of drug-likeness (QED) is 0.467. The number of nitrogens with two attached hydrogens (primary N) is 1. The van der Waals surface area contributed by atoms with Crippen LogP contribution in [-0.4, -0.2) is 32.4 Å². The summed E-state index contributed by atoms with van der Waals surface area (Å²) in [6.45, 7) is 6.28. The molecule has 0 unspecified atom stereocenters. The van der Waals surface area contributed by atoms with Crippen LogP contribution in [0.1, 0.15) is 13.8 Å². The summed E-state index contributed by atoms with van der Waals surface area (Å²) in [5, 5.41) is 3.01. The topological polar surface area (TPSA) is 78.1 Å². The van der Waals surface area contributed by atoms with Gasteiger partial charge in [0.2, 0.25) is 6.79 Å². The standard InChI is InChI=1S/C14H21N3O3/c1-10(2)8-17-14(15)16-5-6-18-11-3-4-12-13(7-11)20-9-19-12/h3-4,7,10H,5-6,8-9H2,1-2H3,(H3,15,16,17). The van der Waals surface area contributed by atoms with E-state index in [2.05, 4.69) is 24.2 Å². The number of benzene rings is 1. The first-order valence-corrected chi connectivity index (χ1v) is 6.71. The average molecular weight is 279 g/mol. The predicted octanol–water partition coefficient (Wildman–Crippen LogP) is 1.35. The summed E-state index contributed by atoms with van der Waals surface area (Å²) in [6.07, 6.45) is 0. The predicted molar refractivity (Wildman–Crippen MR) is 77.4 cm³/mol. The summed E-state index contributed by atoms with van der Waals surface area (Å²) in [4.78, 5) is 4.21. The highest BCUT2D eigenvalue weighted by molar-refractivity contribution is 5.77. The molecule has 20 heavy (non-hydrogen) atoms. The largest absolute Gasteiger partial charge is 0.492 e. The fourth-order valence-corrected chi connectivity index (χ4v) is 1.65. The zero-order valence-electron chi connectivity index (χ0n) is 11.9. The molecule has 0 atom stereocenters. The van der Waals surface area contributed by atoms with Crippen LogP contribution in [0.5, 0.6) is 17.2 Å². The number of nitrogens with zero attached hydrogens (tertiary/aromatic N) is 1. The van der Waals surface area contributed by atoms with Crippen molar-refractivity contribution in [2.45, 2.75) is 13.8 Å². The second kappa shape index (κ2) is 6.88. The smallest absolute Gasteiger partial charge is 0.231 e. The van der Waals surface area contributed by atoms with Gasteiger partial charge < -0.3 is 25.3 Å². The third-order valence-corrected chi connectivity index (χ3v) is 2.65.